The lowest BCUT2D eigenvalue weighted by atomic mass is 9.75. The second-order valence-electron chi connectivity index (χ2n) is 6.78. The number of hydrogen-bond acceptors (Lipinski definition) is 3. The minimum atomic E-state index is -0.212. The highest BCUT2D eigenvalue weighted by Gasteiger charge is 2.40. The second-order valence-corrected chi connectivity index (χ2v) is 6.78. The summed E-state index contributed by atoms with van der Waals surface area (Å²) < 4.78 is 11.2. The van der Waals surface area contributed by atoms with Gasteiger partial charge in [0.05, 0.1) is 25.3 Å². The van der Waals surface area contributed by atoms with Crippen molar-refractivity contribution in [3.8, 4) is 0 Å². The molecule has 1 aliphatic carbocycles. The van der Waals surface area contributed by atoms with Crippen molar-refractivity contribution in [2.45, 2.75) is 44.4 Å². The highest BCUT2D eigenvalue weighted by atomic mass is 16.6. The molecule has 0 aromatic heterocycles. The van der Waals surface area contributed by atoms with Crippen LogP contribution in [0, 0.1) is 5.92 Å². The van der Waals surface area contributed by atoms with Crippen molar-refractivity contribution in [1.29, 1.82) is 0 Å². The normalized spacial score (nSPS) is 27.1. The van der Waals surface area contributed by atoms with Crippen LogP contribution >= 0.6 is 0 Å². The molecule has 1 saturated carbocycles. The van der Waals surface area contributed by atoms with Crippen LogP contribution in [0.5, 0.6) is 0 Å². The summed E-state index contributed by atoms with van der Waals surface area (Å²) >= 11 is 0. The summed E-state index contributed by atoms with van der Waals surface area (Å²) in [6.45, 7) is 1.55. The SMILES string of the molecule is O=C(OCc1ccccc1)N1C2C=C(C3CCC3)CC1COC2. The number of amides is 1. The molecule has 4 rings (SSSR count). The van der Waals surface area contributed by atoms with Gasteiger partial charge in [0.15, 0.2) is 0 Å². The molecule has 1 saturated heterocycles. The summed E-state index contributed by atoms with van der Waals surface area (Å²) in [5, 5.41) is 0. The first-order valence-corrected chi connectivity index (χ1v) is 8.58. The highest BCUT2D eigenvalue weighted by molar-refractivity contribution is 5.69. The molecule has 0 spiro atoms. The lowest BCUT2D eigenvalue weighted by Crippen LogP contribution is -2.57. The fraction of sp³-hybridized carbons (Fsp3) is 0.526. The fourth-order valence-electron chi connectivity index (χ4n) is 3.79. The van der Waals surface area contributed by atoms with Crippen LogP contribution in [0.15, 0.2) is 42.0 Å². The number of hydrogen-bond donors (Lipinski definition) is 0. The molecule has 1 aromatic carbocycles. The van der Waals surface area contributed by atoms with E-state index in [0.717, 1.165) is 17.9 Å². The molecule has 2 unspecified atom stereocenters. The van der Waals surface area contributed by atoms with Gasteiger partial charge in [0.1, 0.15) is 6.61 Å². The molecule has 2 heterocycles. The molecular formula is C19H23NO3. The number of fused-ring (bicyclic) bond motifs is 2. The van der Waals surface area contributed by atoms with E-state index in [-0.39, 0.29) is 18.2 Å². The highest BCUT2D eigenvalue weighted by Crippen LogP contribution is 2.39. The Labute approximate surface area is 137 Å². The molecule has 0 radical (unpaired) electrons. The fourth-order valence-corrected chi connectivity index (χ4v) is 3.79. The third kappa shape index (κ3) is 3.00. The van der Waals surface area contributed by atoms with Crippen molar-refractivity contribution in [2.75, 3.05) is 13.2 Å². The Kier molecular flexibility index (Phi) is 4.08. The monoisotopic (exact) mass is 313 g/mol. The lowest BCUT2D eigenvalue weighted by Gasteiger charge is -2.46. The van der Waals surface area contributed by atoms with Crippen molar-refractivity contribution < 1.29 is 14.3 Å². The molecule has 23 heavy (non-hydrogen) atoms. The largest absolute Gasteiger partial charge is 0.445 e. The van der Waals surface area contributed by atoms with Crippen LogP contribution in [0.4, 0.5) is 4.79 Å². The molecule has 3 aliphatic rings. The molecular weight excluding hydrogens is 290 g/mol. The Balaban J connectivity index is 1.43. The van der Waals surface area contributed by atoms with E-state index in [1.807, 2.05) is 35.2 Å². The first-order valence-electron chi connectivity index (χ1n) is 8.58. The molecule has 2 aliphatic heterocycles. The molecule has 4 nitrogen and oxygen atoms in total. The van der Waals surface area contributed by atoms with Crippen molar-refractivity contribution in [3.05, 3.63) is 47.5 Å². The quantitative estimate of drug-likeness (QED) is 0.801. The summed E-state index contributed by atoms with van der Waals surface area (Å²) in [7, 11) is 0. The van der Waals surface area contributed by atoms with Crippen molar-refractivity contribution >= 4 is 6.09 Å². The predicted molar refractivity (Wildman–Crippen MR) is 86.9 cm³/mol. The summed E-state index contributed by atoms with van der Waals surface area (Å²) in [5.41, 5.74) is 2.56. The third-order valence-electron chi connectivity index (χ3n) is 5.27. The molecule has 1 aromatic rings. The van der Waals surface area contributed by atoms with Gasteiger partial charge in [0.2, 0.25) is 0 Å². The van der Waals surface area contributed by atoms with Gasteiger partial charge in [0.25, 0.3) is 0 Å². The smallest absolute Gasteiger partial charge is 0.411 e. The van der Waals surface area contributed by atoms with Gasteiger partial charge in [-0.15, -0.1) is 0 Å². The average Bonchev–Trinajstić information content (AvgIpc) is 2.51. The molecule has 1 amide bonds. The van der Waals surface area contributed by atoms with Crippen LogP contribution < -0.4 is 0 Å². The van der Waals surface area contributed by atoms with Gasteiger partial charge in [-0.25, -0.2) is 4.79 Å². The average molecular weight is 313 g/mol. The molecule has 2 fully saturated rings. The van der Waals surface area contributed by atoms with Crippen LogP contribution in [0.1, 0.15) is 31.2 Å². The van der Waals surface area contributed by atoms with E-state index < -0.39 is 0 Å². The number of rotatable bonds is 3. The van der Waals surface area contributed by atoms with E-state index in [9.17, 15) is 4.79 Å². The summed E-state index contributed by atoms with van der Waals surface area (Å²) in [4.78, 5) is 14.5. The minimum Gasteiger partial charge on any atom is -0.445 e. The standard InChI is InChI=1S/C19H23NO3/c21-19(23-11-14-5-2-1-3-6-14)20-17-9-16(15-7-4-8-15)10-18(20)13-22-12-17/h1-3,5-6,9,15,17-18H,4,7-8,10-13H2. The summed E-state index contributed by atoms with van der Waals surface area (Å²) in [5.74, 6) is 0.751. The van der Waals surface area contributed by atoms with Gasteiger partial charge in [0, 0.05) is 0 Å². The van der Waals surface area contributed by atoms with Gasteiger partial charge < -0.3 is 9.47 Å². The second kappa shape index (κ2) is 6.36. The Morgan fingerprint density at radius 2 is 2.04 bits per heavy atom. The van der Waals surface area contributed by atoms with E-state index in [1.165, 1.54) is 19.3 Å². The van der Waals surface area contributed by atoms with E-state index in [1.54, 1.807) is 5.57 Å². The van der Waals surface area contributed by atoms with Crippen LogP contribution in [0.2, 0.25) is 0 Å². The molecule has 4 heteroatoms. The third-order valence-corrected chi connectivity index (χ3v) is 5.27. The Hall–Kier alpha value is -1.81. The van der Waals surface area contributed by atoms with E-state index >= 15 is 0 Å². The van der Waals surface area contributed by atoms with Crippen molar-refractivity contribution in [2.24, 2.45) is 5.92 Å². The van der Waals surface area contributed by atoms with Gasteiger partial charge in [-0.2, -0.15) is 0 Å². The first-order chi connectivity index (χ1) is 11.3. The van der Waals surface area contributed by atoms with Crippen LogP contribution in [-0.2, 0) is 16.1 Å². The van der Waals surface area contributed by atoms with Crippen LogP contribution in [0.3, 0.4) is 0 Å². The Morgan fingerprint density at radius 1 is 1.22 bits per heavy atom. The number of benzene rings is 1. The molecule has 2 bridgehead atoms. The predicted octanol–water partition coefficient (Wildman–Crippen LogP) is 3.52. The zero-order valence-corrected chi connectivity index (χ0v) is 13.3. The van der Waals surface area contributed by atoms with E-state index in [4.69, 9.17) is 9.47 Å². The lowest BCUT2D eigenvalue weighted by molar-refractivity contribution is -0.0390. The molecule has 0 N–H and O–H groups in total. The van der Waals surface area contributed by atoms with Crippen LogP contribution in [-0.4, -0.2) is 36.3 Å². The molecule has 122 valence electrons. The van der Waals surface area contributed by atoms with Crippen LogP contribution in [0.25, 0.3) is 0 Å². The number of morpholine rings is 1. The zero-order valence-electron chi connectivity index (χ0n) is 13.3. The Bertz CT molecular complexity index is 594. The van der Waals surface area contributed by atoms with E-state index in [2.05, 4.69) is 6.08 Å². The number of nitrogens with zero attached hydrogens (tertiary/aromatic N) is 1. The number of carbonyl (C=O) groups excluding carboxylic acids is 1. The van der Waals surface area contributed by atoms with Gasteiger partial charge in [-0.05, 0) is 30.7 Å². The first kappa shape index (κ1) is 14.8. The summed E-state index contributed by atoms with van der Waals surface area (Å²) in [6.07, 6.45) is 6.97. The van der Waals surface area contributed by atoms with Gasteiger partial charge >= 0.3 is 6.09 Å². The van der Waals surface area contributed by atoms with Crippen molar-refractivity contribution in [1.82, 2.24) is 4.90 Å². The molecule has 2 atom stereocenters. The Morgan fingerprint density at radius 3 is 2.74 bits per heavy atom. The number of ether oxygens (including phenoxy) is 2. The zero-order chi connectivity index (χ0) is 15.6. The van der Waals surface area contributed by atoms with Gasteiger partial charge in [-0.1, -0.05) is 48.4 Å². The minimum absolute atomic E-state index is 0.0429. The maximum atomic E-state index is 12.6. The van der Waals surface area contributed by atoms with E-state index in [0.29, 0.717) is 19.8 Å². The maximum absolute atomic E-state index is 12.6. The maximum Gasteiger partial charge on any atom is 0.411 e. The topological polar surface area (TPSA) is 38.8 Å². The van der Waals surface area contributed by atoms with Crippen molar-refractivity contribution in [3.63, 3.8) is 0 Å². The summed E-state index contributed by atoms with van der Waals surface area (Å²) in [6, 6.07) is 10.0. The number of carbonyl (C=O) groups is 1. The van der Waals surface area contributed by atoms with Gasteiger partial charge in [-0.3, -0.25) is 4.90 Å².